The Morgan fingerprint density at radius 3 is 3.05 bits per heavy atom. The molecular weight excluding hydrogens is 270 g/mol. The molecule has 100 valence electrons. The predicted octanol–water partition coefficient (Wildman–Crippen LogP) is 0.0888. The van der Waals surface area contributed by atoms with Gasteiger partial charge in [0.2, 0.25) is 5.91 Å². The molecule has 9 heteroatoms. The number of nitrogens with zero attached hydrogens (tertiary/aromatic N) is 4. The summed E-state index contributed by atoms with van der Waals surface area (Å²) in [5.74, 6) is -0.629. The second-order valence-corrected chi connectivity index (χ2v) is 4.40. The molecule has 1 N–H and O–H groups in total. The molecule has 0 aliphatic carbocycles. The van der Waals surface area contributed by atoms with Gasteiger partial charge in [-0.05, 0) is 0 Å². The summed E-state index contributed by atoms with van der Waals surface area (Å²) in [5.41, 5.74) is 0.563. The topological polar surface area (TPSA) is 99.0 Å². The number of rotatable bonds is 5. The number of ether oxygens (including phenoxy) is 1. The van der Waals surface area contributed by atoms with Crippen molar-refractivity contribution in [1.82, 2.24) is 19.7 Å². The molecule has 0 saturated heterocycles. The quantitative estimate of drug-likeness (QED) is 0.780. The maximum absolute atomic E-state index is 11.6. The number of thiazole rings is 1. The van der Waals surface area contributed by atoms with Gasteiger partial charge in [0, 0.05) is 5.38 Å². The van der Waals surface area contributed by atoms with E-state index < -0.39 is 0 Å². The summed E-state index contributed by atoms with van der Waals surface area (Å²) >= 11 is 1.25. The molecule has 1 amide bonds. The third kappa shape index (κ3) is 3.85. The molecule has 2 aromatic rings. The average molecular weight is 281 g/mol. The summed E-state index contributed by atoms with van der Waals surface area (Å²) in [7, 11) is 1.31. The van der Waals surface area contributed by atoms with E-state index in [1.54, 1.807) is 5.38 Å². The highest BCUT2D eigenvalue weighted by Gasteiger charge is 2.10. The van der Waals surface area contributed by atoms with Crippen LogP contribution in [0.25, 0.3) is 0 Å². The zero-order valence-corrected chi connectivity index (χ0v) is 10.9. The van der Waals surface area contributed by atoms with Crippen LogP contribution in [0.15, 0.2) is 18.0 Å². The van der Waals surface area contributed by atoms with Gasteiger partial charge in [0.15, 0.2) is 5.13 Å². The smallest absolute Gasteiger partial charge is 0.311 e. The Hall–Kier alpha value is -2.29. The molecule has 2 aromatic heterocycles. The van der Waals surface area contributed by atoms with Crippen molar-refractivity contribution in [2.24, 2.45) is 0 Å². The first kappa shape index (κ1) is 13.1. The minimum Gasteiger partial charge on any atom is -0.469 e. The maximum atomic E-state index is 11.6. The minimum atomic E-state index is -0.370. The van der Waals surface area contributed by atoms with Gasteiger partial charge in [0.05, 0.1) is 19.2 Å². The molecule has 0 unspecified atom stereocenters. The zero-order valence-electron chi connectivity index (χ0n) is 10.1. The van der Waals surface area contributed by atoms with Crippen LogP contribution in [0.1, 0.15) is 5.69 Å². The number of hydrogen-bond acceptors (Lipinski definition) is 7. The van der Waals surface area contributed by atoms with Crippen molar-refractivity contribution in [1.29, 1.82) is 0 Å². The summed E-state index contributed by atoms with van der Waals surface area (Å²) in [6.45, 7) is 0.0614. The highest BCUT2D eigenvalue weighted by atomic mass is 32.1. The third-order valence-electron chi connectivity index (χ3n) is 2.12. The highest BCUT2D eigenvalue weighted by Crippen LogP contribution is 2.16. The molecule has 0 fully saturated rings. The molecule has 0 spiro atoms. The molecule has 19 heavy (non-hydrogen) atoms. The van der Waals surface area contributed by atoms with Crippen molar-refractivity contribution >= 4 is 28.3 Å². The zero-order chi connectivity index (χ0) is 13.7. The lowest BCUT2D eigenvalue weighted by atomic mass is 10.3. The number of aromatic nitrogens is 4. The summed E-state index contributed by atoms with van der Waals surface area (Å²) in [4.78, 5) is 30.5. The number of amides is 1. The van der Waals surface area contributed by atoms with Crippen LogP contribution in [-0.2, 0) is 27.3 Å². The van der Waals surface area contributed by atoms with Gasteiger partial charge in [-0.1, -0.05) is 0 Å². The van der Waals surface area contributed by atoms with Gasteiger partial charge < -0.3 is 10.1 Å². The van der Waals surface area contributed by atoms with Crippen molar-refractivity contribution in [3.63, 3.8) is 0 Å². The number of nitrogens with one attached hydrogen (secondary N) is 1. The molecule has 8 nitrogen and oxygen atoms in total. The van der Waals surface area contributed by atoms with Crippen molar-refractivity contribution in [2.45, 2.75) is 13.0 Å². The Morgan fingerprint density at radius 2 is 2.37 bits per heavy atom. The van der Waals surface area contributed by atoms with E-state index in [4.69, 9.17) is 0 Å². The molecule has 0 saturated carbocycles. The number of hydrogen-bond donors (Lipinski definition) is 1. The Balaban J connectivity index is 1.89. The van der Waals surface area contributed by atoms with E-state index in [0.29, 0.717) is 10.8 Å². The minimum absolute atomic E-state index is 0.0614. The van der Waals surface area contributed by atoms with Crippen LogP contribution in [0.5, 0.6) is 0 Å². The van der Waals surface area contributed by atoms with E-state index in [1.165, 1.54) is 35.8 Å². The lowest BCUT2D eigenvalue weighted by Crippen LogP contribution is -2.19. The number of carbonyl (C=O) groups is 2. The van der Waals surface area contributed by atoms with E-state index in [-0.39, 0.29) is 24.8 Å². The molecule has 0 aliphatic heterocycles. The fraction of sp³-hybridized carbons (Fsp3) is 0.300. The Kier molecular flexibility index (Phi) is 4.18. The Bertz CT molecular complexity index is 565. The molecule has 0 aromatic carbocycles. The number of anilines is 1. The highest BCUT2D eigenvalue weighted by molar-refractivity contribution is 7.13. The molecule has 0 radical (unpaired) electrons. The van der Waals surface area contributed by atoms with Crippen molar-refractivity contribution in [2.75, 3.05) is 12.4 Å². The molecule has 0 bridgehead atoms. The average Bonchev–Trinajstić information content (AvgIpc) is 3.01. The molecule has 0 atom stereocenters. The summed E-state index contributed by atoms with van der Waals surface area (Å²) in [5, 5.41) is 8.57. The van der Waals surface area contributed by atoms with Gasteiger partial charge >= 0.3 is 5.97 Å². The lowest BCUT2D eigenvalue weighted by molar-refractivity contribution is -0.139. The summed E-state index contributed by atoms with van der Waals surface area (Å²) in [6.07, 6.45) is 2.89. The van der Waals surface area contributed by atoms with Gasteiger partial charge in [-0.15, -0.1) is 11.3 Å². The molecule has 2 heterocycles. The SMILES string of the molecule is COC(=O)Cc1csc(NC(=O)Cn2cncn2)n1. The van der Waals surface area contributed by atoms with Crippen molar-refractivity contribution in [3.8, 4) is 0 Å². The monoisotopic (exact) mass is 281 g/mol. The first-order valence-electron chi connectivity index (χ1n) is 5.31. The van der Waals surface area contributed by atoms with Gasteiger partial charge in [-0.3, -0.25) is 9.59 Å². The summed E-state index contributed by atoms with van der Waals surface area (Å²) in [6, 6.07) is 0. The van der Waals surface area contributed by atoms with Crippen LogP contribution in [-0.4, -0.2) is 38.7 Å². The fourth-order valence-corrected chi connectivity index (χ4v) is 2.01. The van der Waals surface area contributed by atoms with E-state index in [1.807, 2.05) is 0 Å². The number of esters is 1. The second kappa shape index (κ2) is 6.05. The van der Waals surface area contributed by atoms with Crippen LogP contribution < -0.4 is 5.32 Å². The van der Waals surface area contributed by atoms with Crippen molar-refractivity contribution < 1.29 is 14.3 Å². The van der Waals surface area contributed by atoms with E-state index in [0.717, 1.165) is 0 Å². The van der Waals surface area contributed by atoms with Gasteiger partial charge in [0.1, 0.15) is 19.2 Å². The second-order valence-electron chi connectivity index (χ2n) is 3.54. The lowest BCUT2D eigenvalue weighted by Gasteiger charge is -2.00. The van der Waals surface area contributed by atoms with Gasteiger partial charge in [-0.25, -0.2) is 14.6 Å². The largest absolute Gasteiger partial charge is 0.469 e. The van der Waals surface area contributed by atoms with Crippen molar-refractivity contribution in [3.05, 3.63) is 23.7 Å². The molecular formula is C10H11N5O3S. The molecule has 2 rings (SSSR count). The number of methoxy groups -OCH3 is 1. The Morgan fingerprint density at radius 1 is 1.53 bits per heavy atom. The van der Waals surface area contributed by atoms with Gasteiger partial charge in [0.25, 0.3) is 0 Å². The number of carbonyl (C=O) groups excluding carboxylic acids is 2. The standard InChI is InChI=1S/C10H11N5O3S/c1-18-9(17)2-7-4-19-10(13-7)14-8(16)3-15-6-11-5-12-15/h4-6H,2-3H2,1H3,(H,13,14,16). The predicted molar refractivity (Wildman–Crippen MR) is 66.5 cm³/mol. The normalized spacial score (nSPS) is 10.2. The first-order chi connectivity index (χ1) is 9.17. The van der Waals surface area contributed by atoms with E-state index >= 15 is 0 Å². The van der Waals surface area contributed by atoms with Gasteiger partial charge in [-0.2, -0.15) is 5.10 Å². The molecule has 0 aliphatic rings. The van der Waals surface area contributed by atoms with Crippen LogP contribution in [0, 0.1) is 0 Å². The van der Waals surface area contributed by atoms with Crippen LogP contribution in [0.4, 0.5) is 5.13 Å². The maximum Gasteiger partial charge on any atom is 0.311 e. The van der Waals surface area contributed by atoms with E-state index in [2.05, 4.69) is 25.1 Å². The third-order valence-corrected chi connectivity index (χ3v) is 2.93. The fourth-order valence-electron chi connectivity index (χ4n) is 1.29. The van der Waals surface area contributed by atoms with Crippen LogP contribution >= 0.6 is 11.3 Å². The van der Waals surface area contributed by atoms with Crippen LogP contribution in [0.2, 0.25) is 0 Å². The first-order valence-corrected chi connectivity index (χ1v) is 6.19. The van der Waals surface area contributed by atoms with E-state index in [9.17, 15) is 9.59 Å². The summed E-state index contributed by atoms with van der Waals surface area (Å²) < 4.78 is 5.94. The Labute approximate surface area is 112 Å². The van der Waals surface area contributed by atoms with Crippen LogP contribution in [0.3, 0.4) is 0 Å².